The minimum absolute atomic E-state index is 0.204. The summed E-state index contributed by atoms with van der Waals surface area (Å²) < 4.78 is 0. The van der Waals surface area contributed by atoms with Gasteiger partial charge in [0.25, 0.3) is 0 Å². The lowest BCUT2D eigenvalue weighted by Gasteiger charge is -2.23. The molecule has 0 fully saturated rings. The van der Waals surface area contributed by atoms with Gasteiger partial charge in [-0.2, -0.15) is 5.10 Å². The summed E-state index contributed by atoms with van der Waals surface area (Å²) in [6.45, 7) is 0. The number of para-hydroxylation sites is 1. The van der Waals surface area contributed by atoms with Gasteiger partial charge >= 0.3 is 0 Å². The molecule has 3 aromatic rings. The van der Waals surface area contributed by atoms with Crippen LogP contribution in [0.4, 0.5) is 5.69 Å². The second kappa shape index (κ2) is 6.05. The van der Waals surface area contributed by atoms with Gasteiger partial charge in [-0.1, -0.05) is 48.5 Å². The first kappa shape index (κ1) is 13.7. The second-order valence-electron chi connectivity index (χ2n) is 5.59. The van der Waals surface area contributed by atoms with Crippen LogP contribution in [0.3, 0.4) is 0 Å². The van der Waals surface area contributed by atoms with Crippen molar-refractivity contribution >= 4 is 11.4 Å². The van der Waals surface area contributed by atoms with E-state index in [0.29, 0.717) is 0 Å². The minimum Gasteiger partial charge on any atom is -0.265 e. The predicted octanol–water partition coefficient (Wildman–Crippen LogP) is 4.44. The Bertz CT molecular complexity index is 798. The minimum atomic E-state index is 0.204. The molecule has 112 valence electrons. The van der Waals surface area contributed by atoms with Crippen LogP contribution in [0, 0.1) is 0 Å². The molecule has 1 aromatic heterocycles. The first-order valence-corrected chi connectivity index (χ1v) is 7.79. The zero-order valence-electron chi connectivity index (χ0n) is 12.7. The standard InChI is InChI=1S/C20H17N3/c1-3-7-16(8-4-1)19-15-20(17-11-13-21-14-12-17)23(22-19)18-9-5-2-6-10-18/h1-14,20H,15H2. The van der Waals surface area contributed by atoms with E-state index in [4.69, 9.17) is 5.10 Å². The Balaban J connectivity index is 1.75. The van der Waals surface area contributed by atoms with E-state index in [1.165, 1.54) is 11.1 Å². The van der Waals surface area contributed by atoms with Gasteiger partial charge < -0.3 is 0 Å². The summed E-state index contributed by atoms with van der Waals surface area (Å²) in [5.41, 5.74) is 4.65. The van der Waals surface area contributed by atoms with Crippen LogP contribution in [-0.2, 0) is 0 Å². The molecule has 1 aliphatic rings. The molecule has 0 saturated carbocycles. The Morgan fingerprint density at radius 2 is 1.43 bits per heavy atom. The smallest absolute Gasteiger partial charge is 0.0832 e. The molecule has 3 heteroatoms. The highest BCUT2D eigenvalue weighted by Gasteiger charge is 2.29. The Morgan fingerprint density at radius 3 is 2.13 bits per heavy atom. The van der Waals surface area contributed by atoms with Gasteiger partial charge in [0.05, 0.1) is 17.4 Å². The maximum atomic E-state index is 4.92. The van der Waals surface area contributed by atoms with Crippen LogP contribution in [0.2, 0.25) is 0 Å². The Morgan fingerprint density at radius 1 is 0.783 bits per heavy atom. The van der Waals surface area contributed by atoms with E-state index in [-0.39, 0.29) is 6.04 Å². The quantitative estimate of drug-likeness (QED) is 0.715. The number of aromatic nitrogens is 1. The van der Waals surface area contributed by atoms with Gasteiger partial charge in [0, 0.05) is 18.8 Å². The molecule has 4 rings (SSSR count). The maximum Gasteiger partial charge on any atom is 0.0832 e. The molecule has 1 aliphatic heterocycles. The van der Waals surface area contributed by atoms with Gasteiger partial charge in [-0.05, 0) is 35.4 Å². The number of hydrogen-bond donors (Lipinski definition) is 0. The van der Waals surface area contributed by atoms with Crippen molar-refractivity contribution in [3.05, 3.63) is 96.3 Å². The third-order valence-corrected chi connectivity index (χ3v) is 4.13. The van der Waals surface area contributed by atoms with E-state index in [1.807, 2.05) is 24.5 Å². The Kier molecular flexibility index (Phi) is 3.60. The van der Waals surface area contributed by atoms with Crippen molar-refractivity contribution < 1.29 is 0 Å². The lowest BCUT2D eigenvalue weighted by atomic mass is 9.99. The van der Waals surface area contributed by atoms with Gasteiger partial charge in [-0.3, -0.25) is 9.99 Å². The zero-order chi connectivity index (χ0) is 15.5. The molecule has 0 saturated heterocycles. The number of anilines is 1. The first-order valence-electron chi connectivity index (χ1n) is 7.79. The highest BCUT2D eigenvalue weighted by molar-refractivity contribution is 6.03. The fourth-order valence-electron chi connectivity index (χ4n) is 2.98. The molecular formula is C20H17N3. The van der Waals surface area contributed by atoms with Crippen LogP contribution in [0.25, 0.3) is 0 Å². The lowest BCUT2D eigenvalue weighted by molar-refractivity contribution is 0.707. The Labute approximate surface area is 135 Å². The third-order valence-electron chi connectivity index (χ3n) is 4.13. The van der Waals surface area contributed by atoms with E-state index in [0.717, 1.165) is 17.8 Å². The Hall–Kier alpha value is -2.94. The highest BCUT2D eigenvalue weighted by atomic mass is 15.5. The van der Waals surface area contributed by atoms with Gasteiger partial charge in [-0.15, -0.1) is 0 Å². The average Bonchev–Trinajstić information content (AvgIpc) is 3.09. The molecule has 0 radical (unpaired) electrons. The average molecular weight is 299 g/mol. The summed E-state index contributed by atoms with van der Waals surface area (Å²) in [6.07, 6.45) is 4.58. The molecule has 2 aromatic carbocycles. The van der Waals surface area contributed by atoms with Gasteiger partial charge in [0.1, 0.15) is 0 Å². The maximum absolute atomic E-state index is 4.92. The predicted molar refractivity (Wildman–Crippen MR) is 93.5 cm³/mol. The lowest BCUT2D eigenvalue weighted by Crippen LogP contribution is -2.18. The second-order valence-corrected chi connectivity index (χ2v) is 5.59. The van der Waals surface area contributed by atoms with Gasteiger partial charge in [-0.25, -0.2) is 0 Å². The van der Waals surface area contributed by atoms with E-state index >= 15 is 0 Å². The fourth-order valence-corrected chi connectivity index (χ4v) is 2.98. The summed E-state index contributed by atoms with van der Waals surface area (Å²) in [5, 5.41) is 7.04. The molecule has 23 heavy (non-hydrogen) atoms. The van der Waals surface area contributed by atoms with Gasteiger partial charge in [0.2, 0.25) is 0 Å². The molecule has 0 aliphatic carbocycles. The van der Waals surface area contributed by atoms with E-state index in [1.54, 1.807) is 0 Å². The van der Waals surface area contributed by atoms with Crippen molar-refractivity contribution in [2.24, 2.45) is 5.10 Å². The first-order chi connectivity index (χ1) is 11.4. The summed E-state index contributed by atoms with van der Waals surface area (Å²) in [6, 6.07) is 25.1. The van der Waals surface area contributed by atoms with Crippen LogP contribution >= 0.6 is 0 Å². The monoisotopic (exact) mass is 299 g/mol. The van der Waals surface area contributed by atoms with Crippen LogP contribution in [0.1, 0.15) is 23.6 Å². The molecule has 3 nitrogen and oxygen atoms in total. The summed E-state index contributed by atoms with van der Waals surface area (Å²) in [4.78, 5) is 4.14. The van der Waals surface area contributed by atoms with Crippen molar-refractivity contribution in [3.63, 3.8) is 0 Å². The van der Waals surface area contributed by atoms with E-state index < -0.39 is 0 Å². The number of nitrogens with zero attached hydrogens (tertiary/aromatic N) is 3. The number of rotatable bonds is 3. The molecule has 0 N–H and O–H groups in total. The fraction of sp³-hybridized carbons (Fsp3) is 0.100. The van der Waals surface area contributed by atoms with Gasteiger partial charge in [0.15, 0.2) is 0 Å². The van der Waals surface area contributed by atoms with Crippen molar-refractivity contribution in [2.45, 2.75) is 12.5 Å². The summed E-state index contributed by atoms with van der Waals surface area (Å²) in [7, 11) is 0. The molecule has 0 bridgehead atoms. The number of pyridine rings is 1. The van der Waals surface area contributed by atoms with Crippen molar-refractivity contribution in [1.29, 1.82) is 0 Å². The molecule has 2 heterocycles. The van der Waals surface area contributed by atoms with Crippen LogP contribution < -0.4 is 5.01 Å². The number of hydrogen-bond acceptors (Lipinski definition) is 3. The zero-order valence-corrected chi connectivity index (χ0v) is 12.7. The summed E-state index contributed by atoms with van der Waals surface area (Å²) >= 11 is 0. The molecule has 1 unspecified atom stereocenters. The molecular weight excluding hydrogens is 282 g/mol. The van der Waals surface area contributed by atoms with Crippen molar-refractivity contribution in [2.75, 3.05) is 5.01 Å². The van der Waals surface area contributed by atoms with Crippen LogP contribution in [-0.4, -0.2) is 10.7 Å². The SMILES string of the molecule is c1ccc(C2=NN(c3ccccc3)C(c3ccncc3)C2)cc1. The van der Waals surface area contributed by atoms with E-state index in [2.05, 4.69) is 70.7 Å². The molecule has 0 amide bonds. The van der Waals surface area contributed by atoms with Crippen molar-refractivity contribution in [1.82, 2.24) is 4.98 Å². The number of hydrazone groups is 1. The molecule has 1 atom stereocenters. The topological polar surface area (TPSA) is 28.5 Å². The van der Waals surface area contributed by atoms with Crippen LogP contribution in [0.5, 0.6) is 0 Å². The normalized spacial score (nSPS) is 17.1. The van der Waals surface area contributed by atoms with Crippen molar-refractivity contribution in [3.8, 4) is 0 Å². The summed E-state index contributed by atoms with van der Waals surface area (Å²) in [5.74, 6) is 0. The number of benzene rings is 2. The van der Waals surface area contributed by atoms with E-state index in [9.17, 15) is 0 Å². The largest absolute Gasteiger partial charge is 0.265 e. The molecule has 0 spiro atoms. The highest BCUT2D eigenvalue weighted by Crippen LogP contribution is 2.36. The van der Waals surface area contributed by atoms with Crippen LogP contribution in [0.15, 0.2) is 90.3 Å². The third kappa shape index (κ3) is 2.73.